The number of halogens is 1. The number of hydrogen-bond acceptors (Lipinski definition) is 5. The number of carbonyl (C=O) groups excluding carboxylic acids is 1. The van der Waals surface area contributed by atoms with Gasteiger partial charge in [-0.15, -0.1) is 10.2 Å². The summed E-state index contributed by atoms with van der Waals surface area (Å²) in [6.07, 6.45) is 1.000. The highest BCUT2D eigenvalue weighted by Gasteiger charge is 2.14. The molecule has 0 aliphatic rings. The van der Waals surface area contributed by atoms with Gasteiger partial charge >= 0.3 is 0 Å². The third-order valence-corrected chi connectivity index (χ3v) is 6.06. The molecule has 0 aliphatic carbocycles. The second-order valence-corrected chi connectivity index (χ2v) is 8.58. The van der Waals surface area contributed by atoms with E-state index < -0.39 is 0 Å². The number of nitrogens with zero attached hydrogens (tertiary/aromatic N) is 3. The highest BCUT2D eigenvalue weighted by molar-refractivity contribution is 9.10. The zero-order valence-electron chi connectivity index (χ0n) is 17.3. The van der Waals surface area contributed by atoms with Crippen molar-refractivity contribution in [2.45, 2.75) is 45.5 Å². The third kappa shape index (κ3) is 5.86. The molecule has 0 atom stereocenters. The molecule has 0 bridgehead atoms. The molecule has 0 unspecified atom stereocenters. The van der Waals surface area contributed by atoms with Crippen molar-refractivity contribution in [3.63, 3.8) is 0 Å². The van der Waals surface area contributed by atoms with E-state index in [-0.39, 0.29) is 11.7 Å². The summed E-state index contributed by atoms with van der Waals surface area (Å²) in [4.78, 5) is 12.4. The van der Waals surface area contributed by atoms with Crippen LogP contribution >= 0.6 is 27.7 Å². The van der Waals surface area contributed by atoms with E-state index in [9.17, 15) is 4.79 Å². The summed E-state index contributed by atoms with van der Waals surface area (Å²) in [7, 11) is 0. The van der Waals surface area contributed by atoms with E-state index >= 15 is 0 Å². The van der Waals surface area contributed by atoms with Crippen molar-refractivity contribution >= 4 is 39.3 Å². The van der Waals surface area contributed by atoms with Crippen molar-refractivity contribution < 1.29 is 9.53 Å². The summed E-state index contributed by atoms with van der Waals surface area (Å²) in [5, 5.41) is 12.1. The number of ether oxygens (including phenoxy) is 1. The van der Waals surface area contributed by atoms with Gasteiger partial charge in [-0.2, -0.15) is 0 Å². The Labute approximate surface area is 189 Å². The minimum Gasteiger partial charge on any atom is -0.486 e. The maximum atomic E-state index is 12.4. The van der Waals surface area contributed by atoms with E-state index in [2.05, 4.69) is 50.5 Å². The van der Waals surface area contributed by atoms with Gasteiger partial charge in [0.1, 0.15) is 12.4 Å². The molecule has 30 heavy (non-hydrogen) atoms. The molecule has 0 saturated heterocycles. The van der Waals surface area contributed by atoms with E-state index in [1.54, 1.807) is 0 Å². The molecule has 1 heterocycles. The predicted molar refractivity (Wildman–Crippen MR) is 124 cm³/mol. The molecule has 1 aromatic heterocycles. The van der Waals surface area contributed by atoms with Crippen molar-refractivity contribution in [2.24, 2.45) is 0 Å². The van der Waals surface area contributed by atoms with Gasteiger partial charge in [0.15, 0.2) is 11.0 Å². The van der Waals surface area contributed by atoms with Gasteiger partial charge in [-0.1, -0.05) is 46.7 Å². The number of hydrogen-bond donors (Lipinski definition) is 1. The number of amides is 1. The van der Waals surface area contributed by atoms with Crippen LogP contribution in [-0.2, 0) is 24.4 Å². The molecule has 8 heteroatoms. The van der Waals surface area contributed by atoms with E-state index in [0.717, 1.165) is 33.7 Å². The van der Waals surface area contributed by atoms with E-state index in [1.807, 2.05) is 48.7 Å². The van der Waals surface area contributed by atoms with Crippen LogP contribution in [0, 0.1) is 6.92 Å². The predicted octanol–water partition coefficient (Wildman–Crippen LogP) is 5.24. The quantitative estimate of drug-likeness (QED) is 0.417. The first-order chi connectivity index (χ1) is 14.5. The van der Waals surface area contributed by atoms with E-state index in [1.165, 1.54) is 17.3 Å². The fraction of sp³-hybridized carbons (Fsp3) is 0.318. The highest BCUT2D eigenvalue weighted by atomic mass is 79.9. The lowest BCUT2D eigenvalue weighted by atomic mass is 10.2. The first-order valence-electron chi connectivity index (χ1n) is 9.82. The van der Waals surface area contributed by atoms with Gasteiger partial charge in [0.25, 0.3) is 0 Å². The first-order valence-corrected chi connectivity index (χ1v) is 11.6. The summed E-state index contributed by atoms with van der Waals surface area (Å²) in [6, 6.07) is 13.8. The number of benzene rings is 2. The second-order valence-electron chi connectivity index (χ2n) is 6.73. The van der Waals surface area contributed by atoms with Crippen molar-refractivity contribution in [3.8, 4) is 5.75 Å². The minimum atomic E-state index is -0.0788. The lowest BCUT2D eigenvalue weighted by Gasteiger charge is -2.10. The molecule has 3 aromatic rings. The van der Waals surface area contributed by atoms with Crippen LogP contribution < -0.4 is 10.1 Å². The maximum Gasteiger partial charge on any atom is 0.234 e. The zero-order valence-corrected chi connectivity index (χ0v) is 19.7. The Morgan fingerprint density at radius 2 is 1.93 bits per heavy atom. The smallest absolute Gasteiger partial charge is 0.234 e. The Morgan fingerprint density at radius 3 is 2.60 bits per heavy atom. The van der Waals surface area contributed by atoms with Crippen molar-refractivity contribution in [2.75, 3.05) is 11.1 Å². The molecule has 2 aromatic carbocycles. The summed E-state index contributed by atoms with van der Waals surface area (Å²) < 4.78 is 8.82. The number of carbonyl (C=O) groups is 1. The molecule has 1 N–H and O–H groups in total. The van der Waals surface area contributed by atoms with Crippen LogP contribution in [0.5, 0.6) is 5.75 Å². The molecule has 0 spiro atoms. The van der Waals surface area contributed by atoms with Gasteiger partial charge in [-0.3, -0.25) is 4.79 Å². The summed E-state index contributed by atoms with van der Waals surface area (Å²) in [5.41, 5.74) is 3.09. The lowest BCUT2D eigenvalue weighted by molar-refractivity contribution is -0.113. The molecule has 6 nitrogen and oxygen atoms in total. The summed E-state index contributed by atoms with van der Waals surface area (Å²) in [6.45, 7) is 7.15. The van der Waals surface area contributed by atoms with Crippen LogP contribution in [-0.4, -0.2) is 26.4 Å². The fourth-order valence-corrected chi connectivity index (χ4v) is 4.20. The van der Waals surface area contributed by atoms with Gasteiger partial charge < -0.3 is 14.6 Å². The highest BCUT2D eigenvalue weighted by Crippen LogP contribution is 2.22. The summed E-state index contributed by atoms with van der Waals surface area (Å²) in [5.74, 6) is 1.72. The molecule has 0 fully saturated rings. The number of aryl methyl sites for hydroxylation is 2. The third-order valence-electron chi connectivity index (χ3n) is 4.60. The normalized spacial score (nSPS) is 10.8. The van der Waals surface area contributed by atoms with Crippen LogP contribution in [0.4, 0.5) is 5.69 Å². The number of anilines is 1. The molecule has 0 saturated carbocycles. The molecular formula is C22H25BrN4O2S. The number of rotatable bonds is 9. The van der Waals surface area contributed by atoms with Gasteiger partial charge in [0.2, 0.25) is 5.91 Å². The Kier molecular flexibility index (Phi) is 7.93. The van der Waals surface area contributed by atoms with E-state index in [0.29, 0.717) is 18.3 Å². The minimum absolute atomic E-state index is 0.0788. The zero-order chi connectivity index (χ0) is 21.5. The van der Waals surface area contributed by atoms with Gasteiger partial charge in [-0.05, 0) is 61.7 Å². The monoisotopic (exact) mass is 488 g/mol. The van der Waals surface area contributed by atoms with Crippen LogP contribution in [0.25, 0.3) is 0 Å². The Bertz CT molecular complexity index is 1000. The number of nitrogens with one attached hydrogen (secondary N) is 1. The lowest BCUT2D eigenvalue weighted by Crippen LogP contribution is -2.15. The van der Waals surface area contributed by atoms with Gasteiger partial charge in [0, 0.05) is 16.7 Å². The molecule has 3 rings (SSSR count). The number of aromatic nitrogens is 3. The molecule has 0 aliphatic heterocycles. The molecule has 158 valence electrons. The van der Waals surface area contributed by atoms with E-state index in [4.69, 9.17) is 4.74 Å². The molecule has 1 amide bonds. The maximum absolute atomic E-state index is 12.4. The molecular weight excluding hydrogens is 464 g/mol. The summed E-state index contributed by atoms with van der Waals surface area (Å²) >= 11 is 4.80. The Balaban J connectivity index is 1.57. The van der Waals surface area contributed by atoms with Crippen LogP contribution in [0.1, 0.15) is 30.8 Å². The van der Waals surface area contributed by atoms with Crippen molar-refractivity contribution in [3.05, 3.63) is 63.9 Å². The van der Waals surface area contributed by atoms with Crippen LogP contribution in [0.15, 0.2) is 52.1 Å². The van der Waals surface area contributed by atoms with Crippen molar-refractivity contribution in [1.82, 2.24) is 14.8 Å². The second kappa shape index (κ2) is 10.6. The average molecular weight is 489 g/mol. The van der Waals surface area contributed by atoms with Crippen molar-refractivity contribution in [1.29, 1.82) is 0 Å². The van der Waals surface area contributed by atoms with Gasteiger partial charge in [-0.25, -0.2) is 0 Å². The molecule has 0 radical (unpaired) electrons. The SMILES string of the molecule is CCc1ccc(OCc2nnc(SCC(=O)Nc3ccc(Br)cc3C)n2CC)cc1. The standard InChI is InChI=1S/C22H25BrN4O2S/c1-4-16-6-9-18(10-7-16)29-13-20-25-26-22(27(20)5-2)30-14-21(28)24-19-11-8-17(23)12-15(19)3/h6-12H,4-5,13-14H2,1-3H3,(H,24,28). The van der Waals surface area contributed by atoms with Crippen LogP contribution in [0.2, 0.25) is 0 Å². The first kappa shape index (κ1) is 22.4. The largest absolute Gasteiger partial charge is 0.486 e. The fourth-order valence-electron chi connectivity index (χ4n) is 2.90. The van der Waals surface area contributed by atoms with Crippen LogP contribution in [0.3, 0.4) is 0 Å². The Hall–Kier alpha value is -2.32. The Morgan fingerprint density at radius 1 is 1.17 bits per heavy atom. The average Bonchev–Trinajstić information content (AvgIpc) is 3.15. The topological polar surface area (TPSA) is 69.0 Å². The number of thioether (sulfide) groups is 1. The van der Waals surface area contributed by atoms with Gasteiger partial charge in [0.05, 0.1) is 5.75 Å².